The van der Waals surface area contributed by atoms with Gasteiger partial charge in [0.15, 0.2) is 17.9 Å². The molecule has 0 spiro atoms. The third kappa shape index (κ3) is 23100. The molecule has 8 nitrogen and oxygen atoms in total. The Labute approximate surface area is 115 Å². The fourth-order valence-corrected chi connectivity index (χ4v) is 0. The normalized spacial score (nSPS) is 6.00. The van der Waals surface area contributed by atoms with Crippen LogP contribution in [0.2, 0.25) is 0 Å². The van der Waals surface area contributed by atoms with E-state index in [2.05, 4.69) is 20.8 Å². The Morgan fingerprint density at radius 2 is 1.00 bits per heavy atom. The van der Waals surface area contributed by atoms with Crippen LogP contribution in [-0.4, -0.2) is 46.3 Å². The third-order valence-corrected chi connectivity index (χ3v) is 0.144. The van der Waals surface area contributed by atoms with Gasteiger partial charge < -0.3 is 26.8 Å². The van der Waals surface area contributed by atoms with Crippen molar-refractivity contribution in [2.24, 2.45) is 5.73 Å². The molecule has 0 bridgehead atoms. The maximum absolute atomic E-state index is 8.89. The van der Waals surface area contributed by atoms with E-state index in [1.54, 1.807) is 0 Å². The van der Waals surface area contributed by atoms with Crippen LogP contribution < -0.4 is 5.73 Å². The number of rotatable bonds is 1. The van der Waals surface area contributed by atoms with E-state index in [1.165, 1.54) is 0 Å². The van der Waals surface area contributed by atoms with E-state index >= 15 is 0 Å². The molecule has 0 saturated heterocycles. The molecule has 0 heterocycles. The van der Waals surface area contributed by atoms with Gasteiger partial charge in [0.2, 0.25) is 0 Å². The van der Waals surface area contributed by atoms with E-state index in [1.807, 2.05) is 0 Å². The van der Waals surface area contributed by atoms with Gasteiger partial charge in [0.1, 0.15) is 0 Å². The van der Waals surface area contributed by atoms with Crippen molar-refractivity contribution in [2.45, 2.75) is 0 Å². The zero-order valence-electron chi connectivity index (χ0n) is 8.98. The molecule has 0 fully saturated rings. The van der Waals surface area contributed by atoms with Crippen LogP contribution >= 0.6 is 0 Å². The maximum atomic E-state index is 8.89. The number of aliphatic carboxylic acids is 3. The minimum absolute atomic E-state index is 0. The minimum atomic E-state index is -1.08. The Balaban J connectivity index is -0.0000000369. The average Bonchev–Trinajstić information content (AvgIpc) is 2.00. The first-order valence-electron chi connectivity index (χ1n) is 3.61. The molecular formula is C8H16AgN2O6-4. The van der Waals surface area contributed by atoms with Gasteiger partial charge in [0.25, 0.3) is 0 Å². The zero-order chi connectivity index (χ0) is 14.1. The molecule has 0 amide bonds. The SMILES string of the molecule is [Ag].[CH2-]C(=O)O.[CH2-]C(=O)O.[CH2-]C(=O)O.[NH-]CCN. The number of carbonyl (C=O) groups is 3. The van der Waals surface area contributed by atoms with Crippen molar-refractivity contribution in [3.63, 3.8) is 0 Å². The summed E-state index contributed by atoms with van der Waals surface area (Å²) in [6.07, 6.45) is 0. The average molecular weight is 344 g/mol. The van der Waals surface area contributed by atoms with Gasteiger partial charge in [-0.3, -0.25) is 35.2 Å². The topological polar surface area (TPSA) is 162 Å². The van der Waals surface area contributed by atoms with Gasteiger partial charge in [-0.05, 0) is 6.54 Å². The smallest absolute Gasteiger partial charge is 0.161 e. The molecule has 0 atom stereocenters. The second kappa shape index (κ2) is 29.3. The number of carboxylic acids is 3. The van der Waals surface area contributed by atoms with Crippen LogP contribution in [0.3, 0.4) is 0 Å². The molecule has 0 aliphatic carbocycles. The van der Waals surface area contributed by atoms with E-state index < -0.39 is 17.9 Å². The third-order valence-electron chi connectivity index (χ3n) is 0.144. The first-order valence-corrected chi connectivity index (χ1v) is 3.61. The molecule has 9 heteroatoms. The molecule has 0 aliphatic heterocycles. The molecular weight excluding hydrogens is 328 g/mol. The second-order valence-corrected chi connectivity index (χ2v) is 1.72. The van der Waals surface area contributed by atoms with E-state index in [4.69, 9.17) is 41.2 Å². The summed E-state index contributed by atoms with van der Waals surface area (Å²) in [5.74, 6) is -3.25. The van der Waals surface area contributed by atoms with Crippen molar-refractivity contribution in [1.82, 2.24) is 0 Å². The second-order valence-electron chi connectivity index (χ2n) is 1.72. The van der Waals surface area contributed by atoms with E-state index in [9.17, 15) is 0 Å². The quantitative estimate of drug-likeness (QED) is 0.375. The van der Waals surface area contributed by atoms with Crippen LogP contribution in [0.15, 0.2) is 0 Å². The van der Waals surface area contributed by atoms with Crippen molar-refractivity contribution >= 4 is 17.9 Å². The fraction of sp³-hybridized carbons (Fsp3) is 0.250. The van der Waals surface area contributed by atoms with Crippen molar-refractivity contribution in [3.05, 3.63) is 26.5 Å². The van der Waals surface area contributed by atoms with E-state index in [-0.39, 0.29) is 22.4 Å². The summed E-state index contributed by atoms with van der Waals surface area (Å²) in [5.41, 5.74) is 11.2. The molecule has 17 heavy (non-hydrogen) atoms. The molecule has 0 aliphatic rings. The minimum Gasteiger partial charge on any atom is -0.676 e. The summed E-state index contributed by atoms with van der Waals surface area (Å²) in [6.45, 7) is 8.50. The Hall–Kier alpha value is -1.32. The first kappa shape index (κ1) is 29.6. The number of carboxylic acid groups (broad SMARTS) is 3. The van der Waals surface area contributed by atoms with Gasteiger partial charge in [0, 0.05) is 22.4 Å². The van der Waals surface area contributed by atoms with Crippen LogP contribution in [-0.2, 0) is 36.8 Å². The van der Waals surface area contributed by atoms with Gasteiger partial charge in [-0.1, -0.05) is 0 Å². The Morgan fingerprint density at radius 3 is 1.00 bits per heavy atom. The van der Waals surface area contributed by atoms with Crippen LogP contribution in [0.5, 0.6) is 0 Å². The van der Waals surface area contributed by atoms with Crippen LogP contribution in [0.25, 0.3) is 5.73 Å². The Morgan fingerprint density at radius 1 is 0.941 bits per heavy atom. The van der Waals surface area contributed by atoms with Gasteiger partial charge >= 0.3 is 0 Å². The molecule has 0 aromatic heterocycles. The van der Waals surface area contributed by atoms with Crippen molar-refractivity contribution in [1.29, 1.82) is 0 Å². The molecule has 0 rings (SSSR count). The molecule has 6 N–H and O–H groups in total. The summed E-state index contributed by atoms with van der Waals surface area (Å²) >= 11 is 0. The molecule has 0 unspecified atom stereocenters. The molecule has 0 aromatic carbocycles. The Kier molecular flexibility index (Phi) is 51.1. The zero-order valence-corrected chi connectivity index (χ0v) is 10.5. The monoisotopic (exact) mass is 343 g/mol. The van der Waals surface area contributed by atoms with Crippen LogP contribution in [0.4, 0.5) is 0 Å². The molecule has 0 aromatic rings. The molecule has 0 saturated carbocycles. The summed E-state index contributed by atoms with van der Waals surface area (Å²) in [6, 6.07) is 0. The van der Waals surface area contributed by atoms with Crippen LogP contribution in [0.1, 0.15) is 0 Å². The summed E-state index contributed by atoms with van der Waals surface area (Å²) in [4.78, 5) is 26.7. The fourth-order valence-electron chi connectivity index (χ4n) is 0. The number of hydrogen-bond acceptors (Lipinski definition) is 4. The van der Waals surface area contributed by atoms with Crippen LogP contribution in [0, 0.1) is 20.8 Å². The van der Waals surface area contributed by atoms with E-state index in [0.717, 1.165) is 0 Å². The van der Waals surface area contributed by atoms with Crippen molar-refractivity contribution < 1.29 is 52.1 Å². The summed E-state index contributed by atoms with van der Waals surface area (Å²) in [5, 5.41) is 21.9. The summed E-state index contributed by atoms with van der Waals surface area (Å²) in [7, 11) is 0. The Bertz CT molecular complexity index is 146. The predicted molar refractivity (Wildman–Crippen MR) is 57.2 cm³/mol. The van der Waals surface area contributed by atoms with E-state index in [0.29, 0.717) is 13.1 Å². The number of nitrogens with two attached hydrogens (primary N) is 1. The molecule has 109 valence electrons. The largest absolute Gasteiger partial charge is 0.676 e. The number of hydrogen-bond donors (Lipinski definition) is 4. The summed E-state index contributed by atoms with van der Waals surface area (Å²) < 4.78 is 0. The van der Waals surface area contributed by atoms with Crippen molar-refractivity contribution in [3.8, 4) is 0 Å². The van der Waals surface area contributed by atoms with Crippen molar-refractivity contribution in [2.75, 3.05) is 13.1 Å². The van der Waals surface area contributed by atoms with Gasteiger partial charge in [-0.25, -0.2) is 0 Å². The van der Waals surface area contributed by atoms with Gasteiger partial charge in [-0.2, -0.15) is 0 Å². The first-order chi connectivity index (χ1) is 7.11. The predicted octanol–water partition coefficient (Wildman–Crippen LogP) is -0.290. The van der Waals surface area contributed by atoms with Gasteiger partial charge in [0.05, 0.1) is 0 Å². The maximum Gasteiger partial charge on any atom is 0.161 e. The molecule has 1 radical (unpaired) electrons. The number of nitrogens with one attached hydrogen (secondary N) is 1. The van der Waals surface area contributed by atoms with Gasteiger partial charge in [-0.15, -0.1) is 6.54 Å². The standard InChI is InChI=1S/C2H7N2.3C2H3O2.Ag/c3-1-2-4;3*1-2(3)4;/h3H,1-2,4H2;3*1H2,(H,3,4);/q4*-1;.